The van der Waals surface area contributed by atoms with Crippen LogP contribution in [0.15, 0.2) is 24.3 Å². The van der Waals surface area contributed by atoms with Gasteiger partial charge in [-0.2, -0.15) is 0 Å². The van der Waals surface area contributed by atoms with Crippen LogP contribution < -0.4 is 10.6 Å². The standard InChI is InChI=1S/C12H18ClN3/c13-12-3-1-11(2-4-12)9-15-10-16-7-5-14-6-8-16/h1-4,14-15H,5-10H2. The van der Waals surface area contributed by atoms with Gasteiger partial charge in [0.2, 0.25) is 0 Å². The van der Waals surface area contributed by atoms with Gasteiger partial charge in [0, 0.05) is 44.4 Å². The topological polar surface area (TPSA) is 27.3 Å². The van der Waals surface area contributed by atoms with Crippen molar-refractivity contribution < 1.29 is 0 Å². The lowest BCUT2D eigenvalue weighted by molar-refractivity contribution is 0.223. The molecule has 0 unspecified atom stereocenters. The minimum atomic E-state index is 0.797. The summed E-state index contributed by atoms with van der Waals surface area (Å²) < 4.78 is 0. The van der Waals surface area contributed by atoms with Crippen molar-refractivity contribution in [3.8, 4) is 0 Å². The van der Waals surface area contributed by atoms with Crippen molar-refractivity contribution in [2.24, 2.45) is 0 Å². The second kappa shape index (κ2) is 6.21. The van der Waals surface area contributed by atoms with Crippen LogP contribution in [0.1, 0.15) is 5.56 Å². The van der Waals surface area contributed by atoms with E-state index < -0.39 is 0 Å². The van der Waals surface area contributed by atoms with E-state index in [2.05, 4.69) is 27.7 Å². The monoisotopic (exact) mass is 239 g/mol. The van der Waals surface area contributed by atoms with Gasteiger partial charge in [-0.25, -0.2) is 0 Å². The molecule has 1 aromatic carbocycles. The van der Waals surface area contributed by atoms with E-state index in [0.717, 1.165) is 44.4 Å². The van der Waals surface area contributed by atoms with E-state index in [1.807, 2.05) is 12.1 Å². The molecular formula is C12H18ClN3. The summed E-state index contributed by atoms with van der Waals surface area (Å²) in [6.07, 6.45) is 0. The van der Waals surface area contributed by atoms with E-state index in [0.29, 0.717) is 0 Å². The summed E-state index contributed by atoms with van der Waals surface area (Å²) >= 11 is 5.83. The zero-order valence-corrected chi connectivity index (χ0v) is 10.1. The van der Waals surface area contributed by atoms with Gasteiger partial charge in [0.05, 0.1) is 0 Å². The number of hydrogen-bond acceptors (Lipinski definition) is 3. The predicted octanol–water partition coefficient (Wildman–Crippen LogP) is 1.29. The quantitative estimate of drug-likeness (QED) is 0.829. The Morgan fingerprint density at radius 3 is 2.56 bits per heavy atom. The zero-order chi connectivity index (χ0) is 11.2. The smallest absolute Gasteiger partial charge is 0.0484 e. The number of piperazine rings is 1. The van der Waals surface area contributed by atoms with Crippen LogP contribution in [0.2, 0.25) is 5.02 Å². The molecule has 1 aliphatic heterocycles. The van der Waals surface area contributed by atoms with Crippen molar-refractivity contribution in [3.05, 3.63) is 34.9 Å². The van der Waals surface area contributed by atoms with Gasteiger partial charge in [0.15, 0.2) is 0 Å². The van der Waals surface area contributed by atoms with Crippen LogP contribution in [0, 0.1) is 0 Å². The zero-order valence-electron chi connectivity index (χ0n) is 9.38. The summed E-state index contributed by atoms with van der Waals surface area (Å²) in [7, 11) is 0. The second-order valence-corrected chi connectivity index (χ2v) is 4.52. The molecule has 1 saturated heterocycles. The van der Waals surface area contributed by atoms with Gasteiger partial charge < -0.3 is 10.6 Å². The number of hydrogen-bond donors (Lipinski definition) is 2. The molecule has 0 aliphatic carbocycles. The minimum Gasteiger partial charge on any atom is -0.314 e. The van der Waals surface area contributed by atoms with Crippen molar-refractivity contribution >= 4 is 11.6 Å². The predicted molar refractivity (Wildman–Crippen MR) is 67.6 cm³/mol. The molecule has 2 N–H and O–H groups in total. The van der Waals surface area contributed by atoms with Gasteiger partial charge in [0.1, 0.15) is 0 Å². The van der Waals surface area contributed by atoms with Crippen molar-refractivity contribution in [2.75, 3.05) is 32.8 Å². The first-order chi connectivity index (χ1) is 7.84. The number of benzene rings is 1. The van der Waals surface area contributed by atoms with E-state index in [1.165, 1.54) is 5.56 Å². The summed E-state index contributed by atoms with van der Waals surface area (Å²) in [6.45, 7) is 6.33. The number of rotatable bonds is 4. The Morgan fingerprint density at radius 2 is 1.88 bits per heavy atom. The molecule has 3 nitrogen and oxygen atoms in total. The summed E-state index contributed by atoms with van der Waals surface area (Å²) in [5.74, 6) is 0. The first-order valence-electron chi connectivity index (χ1n) is 5.73. The Labute approximate surface area is 102 Å². The maximum absolute atomic E-state index is 5.83. The Hall–Kier alpha value is -0.610. The lowest BCUT2D eigenvalue weighted by Crippen LogP contribution is -2.46. The average molecular weight is 240 g/mol. The van der Waals surface area contributed by atoms with Gasteiger partial charge in [-0.1, -0.05) is 23.7 Å². The molecule has 1 aromatic rings. The summed E-state index contributed by atoms with van der Waals surface area (Å²) in [6, 6.07) is 7.99. The van der Waals surface area contributed by atoms with Crippen LogP contribution in [0.3, 0.4) is 0 Å². The molecule has 1 heterocycles. The lowest BCUT2D eigenvalue weighted by Gasteiger charge is -2.27. The second-order valence-electron chi connectivity index (χ2n) is 4.08. The molecule has 0 atom stereocenters. The Balaban J connectivity index is 1.69. The Kier molecular flexibility index (Phi) is 4.60. The summed E-state index contributed by atoms with van der Waals surface area (Å²) in [5.41, 5.74) is 1.28. The number of nitrogens with zero attached hydrogens (tertiary/aromatic N) is 1. The van der Waals surface area contributed by atoms with Crippen molar-refractivity contribution in [2.45, 2.75) is 6.54 Å². The molecule has 0 bridgehead atoms. The first-order valence-corrected chi connectivity index (χ1v) is 6.10. The largest absolute Gasteiger partial charge is 0.314 e. The van der Waals surface area contributed by atoms with Crippen LogP contribution in [-0.2, 0) is 6.54 Å². The molecule has 4 heteroatoms. The van der Waals surface area contributed by atoms with Gasteiger partial charge in [0.25, 0.3) is 0 Å². The molecule has 1 fully saturated rings. The number of halogens is 1. The fourth-order valence-electron chi connectivity index (χ4n) is 1.83. The Morgan fingerprint density at radius 1 is 1.19 bits per heavy atom. The lowest BCUT2D eigenvalue weighted by atomic mass is 10.2. The molecule has 0 aromatic heterocycles. The third-order valence-electron chi connectivity index (χ3n) is 2.79. The first kappa shape index (κ1) is 11.9. The third-order valence-corrected chi connectivity index (χ3v) is 3.04. The van der Waals surface area contributed by atoms with Crippen LogP contribution in [0.4, 0.5) is 0 Å². The fraction of sp³-hybridized carbons (Fsp3) is 0.500. The van der Waals surface area contributed by atoms with Gasteiger partial charge in [-0.05, 0) is 17.7 Å². The van der Waals surface area contributed by atoms with E-state index in [-0.39, 0.29) is 0 Å². The van der Waals surface area contributed by atoms with Gasteiger partial charge in [-0.3, -0.25) is 4.90 Å². The summed E-state index contributed by atoms with van der Waals surface area (Å²) in [4.78, 5) is 2.42. The van der Waals surface area contributed by atoms with Crippen LogP contribution in [0.5, 0.6) is 0 Å². The molecule has 88 valence electrons. The normalized spacial score (nSPS) is 17.6. The average Bonchev–Trinajstić information content (AvgIpc) is 2.33. The molecule has 0 saturated carbocycles. The molecule has 0 spiro atoms. The van der Waals surface area contributed by atoms with Gasteiger partial charge >= 0.3 is 0 Å². The van der Waals surface area contributed by atoms with Crippen LogP contribution in [0.25, 0.3) is 0 Å². The SMILES string of the molecule is Clc1ccc(CNCN2CCNCC2)cc1. The fourth-order valence-corrected chi connectivity index (χ4v) is 1.96. The highest BCUT2D eigenvalue weighted by molar-refractivity contribution is 6.30. The van der Waals surface area contributed by atoms with Crippen LogP contribution >= 0.6 is 11.6 Å². The molecular weight excluding hydrogens is 222 g/mol. The van der Waals surface area contributed by atoms with E-state index in [4.69, 9.17) is 11.6 Å². The van der Waals surface area contributed by atoms with E-state index >= 15 is 0 Å². The van der Waals surface area contributed by atoms with Gasteiger partial charge in [-0.15, -0.1) is 0 Å². The molecule has 1 aliphatic rings. The third kappa shape index (κ3) is 3.76. The highest BCUT2D eigenvalue weighted by Gasteiger charge is 2.07. The Bertz CT molecular complexity index is 307. The van der Waals surface area contributed by atoms with E-state index in [9.17, 15) is 0 Å². The highest BCUT2D eigenvalue weighted by Crippen LogP contribution is 2.09. The highest BCUT2D eigenvalue weighted by atomic mass is 35.5. The number of nitrogens with one attached hydrogen (secondary N) is 2. The molecule has 0 amide bonds. The van der Waals surface area contributed by atoms with E-state index in [1.54, 1.807) is 0 Å². The maximum atomic E-state index is 5.83. The maximum Gasteiger partial charge on any atom is 0.0484 e. The van der Waals surface area contributed by atoms with Crippen molar-refractivity contribution in [1.29, 1.82) is 0 Å². The molecule has 2 rings (SSSR count). The minimum absolute atomic E-state index is 0.797. The summed E-state index contributed by atoms with van der Waals surface area (Å²) in [5, 5.41) is 7.59. The van der Waals surface area contributed by atoms with Crippen LogP contribution in [-0.4, -0.2) is 37.7 Å². The molecule has 16 heavy (non-hydrogen) atoms. The molecule has 0 radical (unpaired) electrons. The van der Waals surface area contributed by atoms with Crippen molar-refractivity contribution in [3.63, 3.8) is 0 Å². The van der Waals surface area contributed by atoms with Crippen molar-refractivity contribution in [1.82, 2.24) is 15.5 Å².